The molecule has 0 saturated heterocycles. The number of rotatable bonds is 4. The van der Waals surface area contributed by atoms with E-state index in [0.717, 1.165) is 11.3 Å². The van der Waals surface area contributed by atoms with Crippen molar-refractivity contribution in [2.24, 2.45) is 0 Å². The third kappa shape index (κ3) is 3.18. The minimum Gasteiger partial charge on any atom is -0.307 e. The molecule has 1 aromatic carbocycles. The van der Waals surface area contributed by atoms with Crippen LogP contribution in [0.1, 0.15) is 29.9 Å². The zero-order valence-corrected chi connectivity index (χ0v) is 12.5. The molecular formula is C16H19N3O2. The molecule has 0 N–H and O–H groups in total. The van der Waals surface area contributed by atoms with Gasteiger partial charge in [0.2, 0.25) is 0 Å². The lowest BCUT2D eigenvalue weighted by Crippen LogP contribution is -2.33. The summed E-state index contributed by atoms with van der Waals surface area (Å²) in [5.74, 6) is -0.203. The Hall–Kier alpha value is -2.43. The molecule has 1 aromatic heterocycles. The van der Waals surface area contributed by atoms with Crippen molar-refractivity contribution < 1.29 is 4.79 Å². The number of hydrogen-bond donors (Lipinski definition) is 0. The van der Waals surface area contributed by atoms with Crippen LogP contribution in [-0.2, 0) is 6.54 Å². The summed E-state index contributed by atoms with van der Waals surface area (Å²) in [5, 5.41) is 4.12. The lowest BCUT2D eigenvalue weighted by Gasteiger charge is -2.21. The van der Waals surface area contributed by atoms with Gasteiger partial charge < -0.3 is 4.90 Å². The molecule has 0 aliphatic carbocycles. The van der Waals surface area contributed by atoms with E-state index < -0.39 is 0 Å². The third-order valence-electron chi connectivity index (χ3n) is 3.26. The highest BCUT2D eigenvalue weighted by Crippen LogP contribution is 2.17. The lowest BCUT2D eigenvalue weighted by molar-refractivity contribution is 0.0981. The van der Waals surface area contributed by atoms with Crippen molar-refractivity contribution in [1.29, 1.82) is 0 Å². The predicted molar refractivity (Wildman–Crippen MR) is 82.7 cm³/mol. The number of nitrogens with zero attached hydrogens (tertiary/aromatic N) is 3. The highest BCUT2D eigenvalue weighted by atomic mass is 16.2. The van der Waals surface area contributed by atoms with E-state index in [0.29, 0.717) is 13.1 Å². The second kappa shape index (κ2) is 6.35. The summed E-state index contributed by atoms with van der Waals surface area (Å²) < 4.78 is 1.29. The molecule has 0 unspecified atom stereocenters. The van der Waals surface area contributed by atoms with Crippen molar-refractivity contribution in [3.63, 3.8) is 0 Å². The van der Waals surface area contributed by atoms with Crippen molar-refractivity contribution >= 4 is 11.6 Å². The Morgan fingerprint density at radius 2 is 2.00 bits per heavy atom. The summed E-state index contributed by atoms with van der Waals surface area (Å²) in [4.78, 5) is 25.8. The Bertz CT molecular complexity index is 707. The highest BCUT2D eigenvalue weighted by molar-refractivity contribution is 6.04. The van der Waals surface area contributed by atoms with Gasteiger partial charge in [-0.1, -0.05) is 12.1 Å². The molecule has 0 atom stereocenters. The van der Waals surface area contributed by atoms with Crippen LogP contribution in [-0.4, -0.2) is 22.2 Å². The molecule has 0 fully saturated rings. The summed E-state index contributed by atoms with van der Waals surface area (Å²) in [6.07, 6.45) is 0. The first-order valence-corrected chi connectivity index (χ1v) is 7.03. The Labute approximate surface area is 123 Å². The van der Waals surface area contributed by atoms with Gasteiger partial charge in [0.15, 0.2) is 0 Å². The van der Waals surface area contributed by atoms with E-state index in [2.05, 4.69) is 5.10 Å². The molecule has 0 saturated carbocycles. The van der Waals surface area contributed by atoms with Crippen LogP contribution in [0.3, 0.4) is 0 Å². The molecule has 0 aliphatic rings. The Morgan fingerprint density at radius 3 is 2.62 bits per heavy atom. The topological polar surface area (TPSA) is 55.2 Å². The lowest BCUT2D eigenvalue weighted by atomic mass is 10.2. The summed E-state index contributed by atoms with van der Waals surface area (Å²) in [6, 6.07) is 10.6. The molecular weight excluding hydrogens is 266 g/mol. The molecule has 1 amide bonds. The van der Waals surface area contributed by atoms with Gasteiger partial charge in [0, 0.05) is 24.8 Å². The Balaban J connectivity index is 2.39. The molecule has 5 heteroatoms. The molecule has 2 rings (SSSR count). The second-order valence-corrected chi connectivity index (χ2v) is 4.76. The first kappa shape index (κ1) is 15.0. The summed E-state index contributed by atoms with van der Waals surface area (Å²) >= 11 is 0. The number of carbonyl (C=O) groups excluding carboxylic acids is 1. The first-order chi connectivity index (χ1) is 10.1. The zero-order valence-electron chi connectivity index (χ0n) is 12.5. The maximum Gasteiger partial charge on any atom is 0.278 e. The van der Waals surface area contributed by atoms with Crippen LogP contribution in [0.4, 0.5) is 5.69 Å². The van der Waals surface area contributed by atoms with Crippen LogP contribution in [0, 0.1) is 6.92 Å². The normalized spacial score (nSPS) is 10.4. The van der Waals surface area contributed by atoms with Gasteiger partial charge in [0.25, 0.3) is 11.5 Å². The predicted octanol–water partition coefficient (Wildman–Crippen LogP) is 2.24. The molecule has 0 bridgehead atoms. The van der Waals surface area contributed by atoms with Crippen LogP contribution in [0.15, 0.2) is 41.2 Å². The zero-order chi connectivity index (χ0) is 15.4. The van der Waals surface area contributed by atoms with Gasteiger partial charge in [0.05, 0.1) is 0 Å². The van der Waals surface area contributed by atoms with Crippen LogP contribution in [0.5, 0.6) is 0 Å². The van der Waals surface area contributed by atoms with Crippen LogP contribution < -0.4 is 10.5 Å². The average Bonchev–Trinajstić information content (AvgIpc) is 2.48. The van der Waals surface area contributed by atoms with Crippen LogP contribution in [0.25, 0.3) is 0 Å². The number of carbonyl (C=O) groups is 1. The quantitative estimate of drug-likeness (QED) is 0.865. The fourth-order valence-electron chi connectivity index (χ4n) is 2.17. The van der Waals surface area contributed by atoms with Gasteiger partial charge in [-0.3, -0.25) is 9.59 Å². The van der Waals surface area contributed by atoms with Crippen molar-refractivity contribution in [1.82, 2.24) is 9.78 Å². The van der Waals surface area contributed by atoms with Crippen molar-refractivity contribution in [3.05, 3.63) is 58.0 Å². The number of benzene rings is 1. The van der Waals surface area contributed by atoms with E-state index in [1.54, 1.807) is 4.90 Å². The summed E-state index contributed by atoms with van der Waals surface area (Å²) in [6.45, 7) is 6.69. The third-order valence-corrected chi connectivity index (χ3v) is 3.26. The average molecular weight is 285 g/mol. The Morgan fingerprint density at radius 1 is 1.24 bits per heavy atom. The molecule has 0 radical (unpaired) electrons. The fraction of sp³-hybridized carbons (Fsp3) is 0.312. The van der Waals surface area contributed by atoms with Gasteiger partial charge in [-0.15, -0.1) is 0 Å². The van der Waals surface area contributed by atoms with E-state index in [-0.39, 0.29) is 17.2 Å². The van der Waals surface area contributed by atoms with Gasteiger partial charge in [0.1, 0.15) is 5.69 Å². The van der Waals surface area contributed by atoms with Crippen molar-refractivity contribution in [2.75, 3.05) is 11.4 Å². The molecule has 5 nitrogen and oxygen atoms in total. The van der Waals surface area contributed by atoms with E-state index in [1.807, 2.05) is 45.0 Å². The number of amides is 1. The van der Waals surface area contributed by atoms with Crippen LogP contribution in [0.2, 0.25) is 0 Å². The maximum atomic E-state index is 12.6. The molecule has 1 heterocycles. The minimum atomic E-state index is -0.203. The van der Waals surface area contributed by atoms with E-state index in [9.17, 15) is 9.59 Å². The number of hydrogen-bond acceptors (Lipinski definition) is 3. The second-order valence-electron chi connectivity index (χ2n) is 4.76. The number of anilines is 1. The van der Waals surface area contributed by atoms with E-state index in [1.165, 1.54) is 16.8 Å². The number of aryl methyl sites for hydroxylation is 2. The molecule has 21 heavy (non-hydrogen) atoms. The maximum absolute atomic E-state index is 12.6. The van der Waals surface area contributed by atoms with Gasteiger partial charge in [-0.25, -0.2) is 4.68 Å². The number of aromatic nitrogens is 2. The highest BCUT2D eigenvalue weighted by Gasteiger charge is 2.18. The van der Waals surface area contributed by atoms with Crippen molar-refractivity contribution in [3.8, 4) is 0 Å². The van der Waals surface area contributed by atoms with Gasteiger partial charge in [-0.05, 0) is 44.5 Å². The van der Waals surface area contributed by atoms with Crippen molar-refractivity contribution in [2.45, 2.75) is 27.3 Å². The first-order valence-electron chi connectivity index (χ1n) is 7.03. The van der Waals surface area contributed by atoms with E-state index in [4.69, 9.17) is 0 Å². The van der Waals surface area contributed by atoms with Gasteiger partial charge >= 0.3 is 0 Å². The SMILES string of the molecule is CCN(C(=O)c1ccc(=O)n(CC)n1)c1cccc(C)c1. The van der Waals surface area contributed by atoms with Gasteiger partial charge in [-0.2, -0.15) is 5.10 Å². The summed E-state index contributed by atoms with van der Waals surface area (Å²) in [7, 11) is 0. The molecule has 0 aliphatic heterocycles. The largest absolute Gasteiger partial charge is 0.307 e. The minimum absolute atomic E-state index is 0.201. The molecule has 0 spiro atoms. The van der Waals surface area contributed by atoms with Crippen LogP contribution >= 0.6 is 0 Å². The summed E-state index contributed by atoms with van der Waals surface area (Å²) in [5.41, 5.74) is 2.00. The molecule has 2 aromatic rings. The van der Waals surface area contributed by atoms with E-state index >= 15 is 0 Å². The standard InChI is InChI=1S/C16H19N3O2/c1-4-18(13-8-6-7-12(3)11-13)16(21)14-9-10-15(20)19(5-2)17-14/h6-11H,4-5H2,1-3H3. The smallest absolute Gasteiger partial charge is 0.278 e. The fourth-order valence-corrected chi connectivity index (χ4v) is 2.17. The molecule has 110 valence electrons. The Kier molecular flexibility index (Phi) is 4.52. The monoisotopic (exact) mass is 285 g/mol.